The first-order chi connectivity index (χ1) is 5.70. The van der Waals surface area contributed by atoms with Crippen LogP contribution in [-0.2, 0) is 4.79 Å². The summed E-state index contributed by atoms with van der Waals surface area (Å²) >= 11 is 0. The van der Waals surface area contributed by atoms with Gasteiger partial charge in [0.1, 0.15) is 12.4 Å². The first kappa shape index (κ1) is 7.02. The molecular weight excluding hydrogens is 158 g/mol. The van der Waals surface area contributed by atoms with E-state index in [2.05, 4.69) is 4.99 Å². The zero-order chi connectivity index (χ0) is 8.72. The molecule has 62 valence electrons. The second kappa shape index (κ2) is 2.17. The number of imide groups is 1. The smallest absolute Gasteiger partial charge is 0.303 e. The Morgan fingerprint density at radius 2 is 2.25 bits per heavy atom. The van der Waals surface area contributed by atoms with E-state index in [0.29, 0.717) is 5.84 Å². The predicted molar refractivity (Wildman–Crippen MR) is 41.4 cm³/mol. The van der Waals surface area contributed by atoms with Gasteiger partial charge in [0.2, 0.25) is 0 Å². The van der Waals surface area contributed by atoms with Gasteiger partial charge in [-0.2, -0.15) is 0 Å². The first-order valence-electron chi connectivity index (χ1n) is 3.52. The fourth-order valence-corrected chi connectivity index (χ4v) is 1.15. The monoisotopic (exact) mass is 165 g/mol. The Hall–Kier alpha value is -1.65. The van der Waals surface area contributed by atoms with E-state index in [1.54, 1.807) is 19.3 Å². The van der Waals surface area contributed by atoms with E-state index in [1.165, 1.54) is 4.90 Å². The average molecular weight is 165 g/mol. The number of rotatable bonds is 0. The first-order valence-corrected chi connectivity index (χ1v) is 3.52. The number of aliphatic imine (C=N–C) groups is 1. The van der Waals surface area contributed by atoms with Crippen LogP contribution in [0.5, 0.6) is 0 Å². The molecule has 0 spiro atoms. The molecular formula is C7H7N3O2. The van der Waals surface area contributed by atoms with Gasteiger partial charge in [-0.05, 0) is 6.08 Å². The molecule has 0 N–H and O–H groups in total. The predicted octanol–water partition coefficient (Wildman–Crippen LogP) is -0.194. The molecule has 2 aliphatic heterocycles. The van der Waals surface area contributed by atoms with Gasteiger partial charge in [-0.25, -0.2) is 9.69 Å². The van der Waals surface area contributed by atoms with E-state index in [9.17, 15) is 9.59 Å². The summed E-state index contributed by atoms with van der Waals surface area (Å²) in [5, 5.41) is 0. The lowest BCUT2D eigenvalue weighted by molar-refractivity contribution is -0.123. The summed E-state index contributed by atoms with van der Waals surface area (Å²) in [6, 6.07) is -0.334. The van der Waals surface area contributed by atoms with E-state index in [0.717, 1.165) is 4.90 Å². The Kier molecular flexibility index (Phi) is 1.27. The van der Waals surface area contributed by atoms with E-state index < -0.39 is 0 Å². The second-order valence-corrected chi connectivity index (χ2v) is 2.61. The van der Waals surface area contributed by atoms with Crippen LogP contribution in [0.4, 0.5) is 4.79 Å². The van der Waals surface area contributed by atoms with Gasteiger partial charge in [-0.1, -0.05) is 0 Å². The molecule has 2 rings (SSSR count). The van der Waals surface area contributed by atoms with Crippen molar-refractivity contribution in [2.45, 2.75) is 0 Å². The normalized spacial score (nSPS) is 21.6. The maximum Gasteiger partial charge on any atom is 0.336 e. The quantitative estimate of drug-likeness (QED) is 0.499. The molecule has 0 saturated carbocycles. The largest absolute Gasteiger partial charge is 0.336 e. The van der Waals surface area contributed by atoms with Gasteiger partial charge in [-0.3, -0.25) is 9.79 Å². The lowest BCUT2D eigenvalue weighted by Crippen LogP contribution is -2.46. The summed E-state index contributed by atoms with van der Waals surface area (Å²) in [7, 11) is 1.60. The molecule has 5 heteroatoms. The van der Waals surface area contributed by atoms with Crippen LogP contribution in [0.3, 0.4) is 0 Å². The highest BCUT2D eigenvalue weighted by molar-refractivity contribution is 6.21. The minimum Gasteiger partial charge on any atom is -0.303 e. The van der Waals surface area contributed by atoms with E-state index in [-0.39, 0.29) is 18.5 Å². The highest BCUT2D eigenvalue weighted by Gasteiger charge is 2.33. The van der Waals surface area contributed by atoms with Crippen molar-refractivity contribution < 1.29 is 9.59 Å². The third kappa shape index (κ3) is 0.761. The molecule has 5 nitrogen and oxygen atoms in total. The summed E-state index contributed by atoms with van der Waals surface area (Å²) in [6.07, 6.45) is 3.24. The van der Waals surface area contributed by atoms with Crippen molar-refractivity contribution in [3.05, 3.63) is 12.3 Å². The van der Waals surface area contributed by atoms with Crippen LogP contribution in [0, 0.1) is 0 Å². The van der Waals surface area contributed by atoms with Crippen molar-refractivity contribution in [1.82, 2.24) is 9.80 Å². The lowest BCUT2D eigenvalue weighted by atomic mass is 10.4. The van der Waals surface area contributed by atoms with Crippen LogP contribution < -0.4 is 0 Å². The Labute approximate surface area is 69.0 Å². The van der Waals surface area contributed by atoms with Crippen LogP contribution in [0.25, 0.3) is 0 Å². The molecule has 0 aromatic heterocycles. The second-order valence-electron chi connectivity index (χ2n) is 2.61. The number of amidine groups is 1. The van der Waals surface area contributed by atoms with Crippen LogP contribution in [0.1, 0.15) is 0 Å². The highest BCUT2D eigenvalue weighted by atomic mass is 16.2. The SMILES string of the molecule is CN1C=CC2=NCC(=O)N2C1=O. The molecule has 2 heterocycles. The van der Waals surface area contributed by atoms with Crippen molar-refractivity contribution in [1.29, 1.82) is 0 Å². The number of carbonyl (C=O) groups excluding carboxylic acids is 2. The van der Waals surface area contributed by atoms with Gasteiger partial charge in [0, 0.05) is 13.2 Å². The lowest BCUT2D eigenvalue weighted by Gasteiger charge is -2.24. The molecule has 0 aliphatic carbocycles. The summed E-state index contributed by atoms with van der Waals surface area (Å²) in [4.78, 5) is 28.7. The third-order valence-electron chi connectivity index (χ3n) is 1.80. The summed E-state index contributed by atoms with van der Waals surface area (Å²) in [5.74, 6) is 0.189. The number of fused-ring (bicyclic) bond motifs is 1. The van der Waals surface area contributed by atoms with E-state index >= 15 is 0 Å². The number of nitrogens with zero attached hydrogens (tertiary/aromatic N) is 3. The number of carbonyl (C=O) groups is 2. The van der Waals surface area contributed by atoms with Gasteiger partial charge >= 0.3 is 6.03 Å². The fraction of sp³-hybridized carbons (Fsp3) is 0.286. The zero-order valence-electron chi connectivity index (χ0n) is 6.52. The minimum atomic E-state index is -0.334. The van der Waals surface area contributed by atoms with Crippen molar-refractivity contribution >= 4 is 17.8 Å². The van der Waals surface area contributed by atoms with Crippen molar-refractivity contribution in [2.75, 3.05) is 13.6 Å². The van der Waals surface area contributed by atoms with Crippen molar-refractivity contribution in [3.8, 4) is 0 Å². The van der Waals surface area contributed by atoms with Gasteiger partial charge in [-0.15, -0.1) is 0 Å². The molecule has 12 heavy (non-hydrogen) atoms. The van der Waals surface area contributed by atoms with Gasteiger partial charge in [0.05, 0.1) is 0 Å². The summed E-state index contributed by atoms with van der Waals surface area (Å²) < 4.78 is 0. The number of hydrogen-bond acceptors (Lipinski definition) is 3. The maximum atomic E-state index is 11.3. The molecule has 0 saturated heterocycles. The van der Waals surface area contributed by atoms with Crippen molar-refractivity contribution in [3.63, 3.8) is 0 Å². The van der Waals surface area contributed by atoms with Gasteiger partial charge in [0.25, 0.3) is 5.91 Å². The molecule has 0 fully saturated rings. The third-order valence-corrected chi connectivity index (χ3v) is 1.80. The van der Waals surface area contributed by atoms with Crippen LogP contribution in [0.2, 0.25) is 0 Å². The molecule has 0 atom stereocenters. The standard InChI is InChI=1S/C7H7N3O2/c1-9-3-2-5-8-4-6(11)10(5)7(9)12/h2-3H,4H2,1H3. The summed E-state index contributed by atoms with van der Waals surface area (Å²) in [6.45, 7) is 0.0826. The molecule has 3 amide bonds. The minimum absolute atomic E-state index is 0.0826. The Morgan fingerprint density at radius 1 is 1.50 bits per heavy atom. The number of urea groups is 1. The van der Waals surface area contributed by atoms with Crippen LogP contribution in [0.15, 0.2) is 17.3 Å². The molecule has 0 aromatic carbocycles. The molecule has 2 aliphatic rings. The van der Waals surface area contributed by atoms with Crippen LogP contribution >= 0.6 is 0 Å². The molecule has 0 unspecified atom stereocenters. The van der Waals surface area contributed by atoms with E-state index in [4.69, 9.17) is 0 Å². The number of hydrogen-bond donors (Lipinski definition) is 0. The van der Waals surface area contributed by atoms with Crippen LogP contribution in [-0.4, -0.2) is 41.2 Å². The Balaban J connectivity index is 2.42. The Morgan fingerprint density at radius 3 is 3.00 bits per heavy atom. The topological polar surface area (TPSA) is 53.0 Å². The highest BCUT2D eigenvalue weighted by Crippen LogP contribution is 2.12. The zero-order valence-corrected chi connectivity index (χ0v) is 6.52. The molecule has 0 bridgehead atoms. The van der Waals surface area contributed by atoms with Gasteiger partial charge in [0.15, 0.2) is 0 Å². The molecule has 0 radical (unpaired) electrons. The fourth-order valence-electron chi connectivity index (χ4n) is 1.15. The molecule has 0 aromatic rings. The average Bonchev–Trinajstić information content (AvgIpc) is 2.41. The number of amides is 3. The van der Waals surface area contributed by atoms with Crippen molar-refractivity contribution in [2.24, 2.45) is 4.99 Å². The maximum absolute atomic E-state index is 11.3. The van der Waals surface area contributed by atoms with Gasteiger partial charge < -0.3 is 4.90 Å². The summed E-state index contributed by atoms with van der Waals surface area (Å²) in [5.41, 5.74) is 0. The van der Waals surface area contributed by atoms with E-state index in [1.807, 2.05) is 0 Å². The Bertz CT molecular complexity index is 319.